The molecule has 0 saturated carbocycles. The predicted molar refractivity (Wildman–Crippen MR) is 106 cm³/mol. The molecule has 6 heteroatoms. The zero-order valence-electron chi connectivity index (χ0n) is 15.8. The molecule has 146 valence electrons. The summed E-state index contributed by atoms with van der Waals surface area (Å²) in [5.41, 5.74) is 2.52. The van der Waals surface area contributed by atoms with Crippen molar-refractivity contribution in [3.63, 3.8) is 0 Å². The molecule has 0 atom stereocenters. The number of carbonyl (C=O) groups excluding carboxylic acids is 1. The Morgan fingerprint density at radius 1 is 1.11 bits per heavy atom. The van der Waals surface area contributed by atoms with E-state index in [9.17, 15) is 4.79 Å². The van der Waals surface area contributed by atoms with Crippen LogP contribution >= 0.6 is 11.6 Å². The summed E-state index contributed by atoms with van der Waals surface area (Å²) in [6, 6.07) is 15.8. The summed E-state index contributed by atoms with van der Waals surface area (Å²) in [5, 5.41) is 3.36. The van der Waals surface area contributed by atoms with E-state index in [0.717, 1.165) is 42.8 Å². The van der Waals surface area contributed by atoms with Crippen LogP contribution in [0.2, 0.25) is 5.02 Å². The molecule has 2 aromatic rings. The minimum Gasteiger partial charge on any atom is -1.00 e. The highest BCUT2D eigenvalue weighted by Gasteiger charge is 2.30. The Kier molecular flexibility index (Phi) is 8.09. The molecule has 3 rings (SSSR count). The molecule has 0 spiro atoms. The molecule has 2 aromatic carbocycles. The highest BCUT2D eigenvalue weighted by molar-refractivity contribution is 6.34. The van der Waals surface area contributed by atoms with Gasteiger partial charge in [-0.25, -0.2) is 0 Å². The summed E-state index contributed by atoms with van der Waals surface area (Å²) in [7, 11) is 4.56. The smallest absolute Gasteiger partial charge is 0.257 e. The number of carbonyl (C=O) groups is 1. The molecule has 0 bridgehead atoms. The second-order valence-corrected chi connectivity index (χ2v) is 7.82. The number of nitrogens with one attached hydrogen (secondary N) is 1. The Balaban J connectivity index is 0.00000261. The van der Waals surface area contributed by atoms with Crippen molar-refractivity contribution in [1.82, 2.24) is 0 Å². The van der Waals surface area contributed by atoms with Gasteiger partial charge in [-0.3, -0.25) is 4.79 Å². The van der Waals surface area contributed by atoms with Gasteiger partial charge < -0.3 is 38.5 Å². The van der Waals surface area contributed by atoms with E-state index < -0.39 is 0 Å². The van der Waals surface area contributed by atoms with Crippen LogP contribution in [0.1, 0.15) is 28.8 Å². The first-order chi connectivity index (χ1) is 12.5. The van der Waals surface area contributed by atoms with Crippen molar-refractivity contribution < 1.29 is 38.0 Å². The van der Waals surface area contributed by atoms with Crippen LogP contribution in [0, 0.1) is 0 Å². The van der Waals surface area contributed by atoms with Gasteiger partial charge in [0.2, 0.25) is 0 Å². The first kappa shape index (κ1) is 22.1. The van der Waals surface area contributed by atoms with E-state index in [-0.39, 0.29) is 29.9 Å². The van der Waals surface area contributed by atoms with E-state index in [2.05, 4.69) is 31.5 Å². The molecule has 0 unspecified atom stereocenters. The Hall–Kier alpha value is -1.15. The van der Waals surface area contributed by atoms with E-state index in [4.69, 9.17) is 16.3 Å². The van der Waals surface area contributed by atoms with Crippen molar-refractivity contribution in [2.45, 2.75) is 25.4 Å². The fraction of sp³-hybridized carbons (Fsp3) is 0.381. The number of halogens is 2. The van der Waals surface area contributed by atoms with Crippen molar-refractivity contribution in [2.75, 3.05) is 32.6 Å². The van der Waals surface area contributed by atoms with Crippen molar-refractivity contribution in [1.29, 1.82) is 0 Å². The lowest BCUT2D eigenvalue weighted by atomic mass is 10.0. The van der Waals surface area contributed by atoms with Crippen LogP contribution in [0.15, 0.2) is 48.5 Å². The summed E-state index contributed by atoms with van der Waals surface area (Å²) in [6.45, 7) is 2.68. The lowest BCUT2D eigenvalue weighted by molar-refractivity contribution is -0.929. The molecule has 1 N–H and O–H groups in total. The number of nitrogens with zero attached hydrogens (tertiary/aromatic N) is 1. The van der Waals surface area contributed by atoms with Gasteiger partial charge in [0.1, 0.15) is 6.54 Å². The molecule has 0 aliphatic carbocycles. The molecule has 0 aromatic heterocycles. The van der Waals surface area contributed by atoms with Gasteiger partial charge in [0.15, 0.2) is 0 Å². The van der Waals surface area contributed by atoms with Crippen LogP contribution < -0.4 is 29.3 Å². The number of amides is 1. The first-order valence-electron chi connectivity index (χ1n) is 9.01. The second-order valence-electron chi connectivity index (χ2n) is 7.41. The third kappa shape index (κ3) is 5.91. The van der Waals surface area contributed by atoms with Crippen LogP contribution in [0.5, 0.6) is 0 Å². The lowest BCUT2D eigenvalue weighted by Crippen LogP contribution is -3.00. The fourth-order valence-electron chi connectivity index (χ4n) is 3.52. The van der Waals surface area contributed by atoms with E-state index >= 15 is 0 Å². The Labute approximate surface area is 183 Å². The van der Waals surface area contributed by atoms with Gasteiger partial charge in [-0.05, 0) is 24.3 Å². The van der Waals surface area contributed by atoms with E-state index in [1.807, 2.05) is 18.2 Å². The van der Waals surface area contributed by atoms with Gasteiger partial charge in [0.05, 0.1) is 43.9 Å². The third-order valence-electron chi connectivity index (χ3n) is 5.10. The van der Waals surface area contributed by atoms with E-state index in [0.29, 0.717) is 16.6 Å². The van der Waals surface area contributed by atoms with Crippen molar-refractivity contribution in [3.8, 4) is 0 Å². The molecular weight excluding hydrogens is 475 g/mol. The second kappa shape index (κ2) is 9.87. The number of quaternary nitrogens is 1. The average molecular weight is 501 g/mol. The summed E-state index contributed by atoms with van der Waals surface area (Å²) in [4.78, 5) is 12.3. The standard InChI is InChI=1S/C21H25ClN2O2.HI/c1-24(2,18-11-13-26-14-12-18)15-16-7-9-17(10-8-16)23-21(25)19-5-3-4-6-20(19)22;/h3-10,18H,11-15H2,1-2H3;1H. The number of anilines is 1. The van der Waals surface area contributed by atoms with E-state index in [1.54, 1.807) is 18.2 Å². The maximum Gasteiger partial charge on any atom is 0.257 e. The van der Waals surface area contributed by atoms with Gasteiger partial charge in [0, 0.05) is 24.1 Å². The van der Waals surface area contributed by atoms with Gasteiger partial charge in [0.25, 0.3) is 5.91 Å². The molecule has 1 aliphatic heterocycles. The fourth-order valence-corrected chi connectivity index (χ4v) is 3.74. The van der Waals surface area contributed by atoms with Gasteiger partial charge in [-0.15, -0.1) is 0 Å². The highest BCUT2D eigenvalue weighted by atomic mass is 127. The number of ether oxygens (including phenoxy) is 1. The topological polar surface area (TPSA) is 38.3 Å². The molecule has 0 radical (unpaired) electrons. The van der Waals surface area contributed by atoms with Gasteiger partial charge in [-0.2, -0.15) is 0 Å². The van der Waals surface area contributed by atoms with Crippen LogP contribution in [0.25, 0.3) is 0 Å². The Morgan fingerprint density at radius 3 is 2.37 bits per heavy atom. The molecule has 27 heavy (non-hydrogen) atoms. The number of hydrogen-bond acceptors (Lipinski definition) is 2. The van der Waals surface area contributed by atoms with Crippen molar-refractivity contribution in [2.24, 2.45) is 0 Å². The molecule has 1 saturated heterocycles. The highest BCUT2D eigenvalue weighted by Crippen LogP contribution is 2.23. The number of benzene rings is 2. The summed E-state index contributed by atoms with van der Waals surface area (Å²) in [5.74, 6) is -0.193. The average Bonchev–Trinajstić information content (AvgIpc) is 2.64. The maximum atomic E-state index is 12.3. The van der Waals surface area contributed by atoms with E-state index in [1.165, 1.54) is 5.56 Å². The summed E-state index contributed by atoms with van der Waals surface area (Å²) >= 11 is 6.09. The van der Waals surface area contributed by atoms with Crippen LogP contribution in [-0.2, 0) is 11.3 Å². The normalized spacial score (nSPS) is 15.1. The van der Waals surface area contributed by atoms with Crippen molar-refractivity contribution in [3.05, 3.63) is 64.7 Å². The first-order valence-corrected chi connectivity index (χ1v) is 9.39. The Bertz CT molecular complexity index is 759. The molecule has 1 aliphatic rings. The summed E-state index contributed by atoms with van der Waals surface area (Å²) < 4.78 is 6.44. The molecule has 4 nitrogen and oxygen atoms in total. The zero-order chi connectivity index (χ0) is 18.6. The quantitative estimate of drug-likeness (QED) is 0.497. The number of rotatable bonds is 5. The van der Waals surface area contributed by atoms with Crippen LogP contribution in [0.3, 0.4) is 0 Å². The molecule has 1 heterocycles. The SMILES string of the molecule is C[N+](C)(Cc1ccc(NC(=O)c2ccccc2Cl)cc1)C1CCOCC1.[I-]. The van der Waals surface area contributed by atoms with Crippen LogP contribution in [0.4, 0.5) is 5.69 Å². The Morgan fingerprint density at radius 2 is 1.74 bits per heavy atom. The van der Waals surface area contributed by atoms with Gasteiger partial charge in [-0.1, -0.05) is 35.9 Å². The minimum atomic E-state index is -0.193. The third-order valence-corrected chi connectivity index (χ3v) is 5.43. The maximum absolute atomic E-state index is 12.3. The van der Waals surface area contributed by atoms with Crippen molar-refractivity contribution >= 4 is 23.2 Å². The van der Waals surface area contributed by atoms with Crippen LogP contribution in [-0.4, -0.2) is 43.7 Å². The lowest BCUT2D eigenvalue weighted by Gasteiger charge is -2.40. The summed E-state index contributed by atoms with van der Waals surface area (Å²) in [6.07, 6.45) is 2.22. The monoisotopic (exact) mass is 500 g/mol. The molecular formula is C21H26ClIN2O2. The zero-order valence-corrected chi connectivity index (χ0v) is 18.7. The predicted octanol–water partition coefficient (Wildman–Crippen LogP) is 1.35. The minimum absolute atomic E-state index is 0. The van der Waals surface area contributed by atoms with Gasteiger partial charge >= 0.3 is 0 Å². The molecule has 1 fully saturated rings. The number of hydrogen-bond donors (Lipinski definition) is 1. The largest absolute Gasteiger partial charge is 1.00 e. The molecule has 1 amide bonds.